The van der Waals surface area contributed by atoms with Gasteiger partial charge in [-0.1, -0.05) is 62.6 Å². The van der Waals surface area contributed by atoms with E-state index in [0.717, 1.165) is 32.1 Å². The summed E-state index contributed by atoms with van der Waals surface area (Å²) in [5.74, 6) is -0.120. The lowest BCUT2D eigenvalue weighted by atomic mass is 10.1. The van der Waals surface area contributed by atoms with Crippen LogP contribution >= 0.6 is 0 Å². The summed E-state index contributed by atoms with van der Waals surface area (Å²) in [6.45, 7) is 1.83. The van der Waals surface area contributed by atoms with Crippen molar-refractivity contribution in [3.8, 4) is 0 Å². The minimum atomic E-state index is -0.798. The quantitative estimate of drug-likeness (QED) is 0.308. The Labute approximate surface area is 140 Å². The Balaban J connectivity index is 3.52. The molecule has 0 saturated heterocycles. The normalized spacial score (nSPS) is 14.8. The van der Waals surface area contributed by atoms with Gasteiger partial charge in [0.2, 0.25) is 0 Å². The molecule has 4 heteroatoms. The molecule has 0 fully saturated rings. The summed E-state index contributed by atoms with van der Waals surface area (Å²) in [5, 5.41) is 18.9. The summed E-state index contributed by atoms with van der Waals surface area (Å²) in [4.78, 5) is 10.9. The Kier molecular flexibility index (Phi) is 14.6. The van der Waals surface area contributed by atoms with Crippen LogP contribution in [0.3, 0.4) is 0 Å². The van der Waals surface area contributed by atoms with Gasteiger partial charge in [0.05, 0.1) is 19.3 Å². The molecule has 0 spiro atoms. The standard InChI is InChI=1S/C19H32O4/c1-3-17(20)18(21)15-13-11-9-7-5-4-6-8-10-12-14-16-19(22)23-2/h5,7,9,11,13,15,17-18,20-21H,3-4,6,8,10,12,14,16H2,1-2H3/b7-5-,11-9+,15-13+/t17-,18+/m1/s1. The first-order valence-corrected chi connectivity index (χ1v) is 8.54. The largest absolute Gasteiger partial charge is 0.469 e. The summed E-state index contributed by atoms with van der Waals surface area (Å²) in [7, 11) is 1.43. The topological polar surface area (TPSA) is 66.8 Å². The van der Waals surface area contributed by atoms with Crippen LogP contribution in [0.2, 0.25) is 0 Å². The predicted molar refractivity (Wildman–Crippen MR) is 94.1 cm³/mol. The molecule has 0 aromatic carbocycles. The van der Waals surface area contributed by atoms with E-state index in [-0.39, 0.29) is 5.97 Å². The number of carbonyl (C=O) groups is 1. The third-order valence-electron chi connectivity index (χ3n) is 3.57. The number of aliphatic hydroxyl groups excluding tert-OH is 2. The molecule has 0 aliphatic heterocycles. The highest BCUT2D eigenvalue weighted by Crippen LogP contribution is 2.08. The van der Waals surface area contributed by atoms with Crippen molar-refractivity contribution in [3.05, 3.63) is 36.5 Å². The molecule has 4 nitrogen and oxygen atoms in total. The van der Waals surface area contributed by atoms with Crippen LogP contribution in [0.4, 0.5) is 0 Å². The van der Waals surface area contributed by atoms with Crippen LogP contribution in [0.5, 0.6) is 0 Å². The monoisotopic (exact) mass is 324 g/mol. The zero-order valence-electron chi connectivity index (χ0n) is 14.5. The fourth-order valence-corrected chi connectivity index (χ4v) is 2.01. The summed E-state index contributed by atoms with van der Waals surface area (Å²) < 4.78 is 4.59. The smallest absolute Gasteiger partial charge is 0.305 e. The van der Waals surface area contributed by atoms with Gasteiger partial charge in [-0.05, 0) is 25.7 Å². The van der Waals surface area contributed by atoms with E-state index in [4.69, 9.17) is 0 Å². The van der Waals surface area contributed by atoms with Crippen molar-refractivity contribution in [1.82, 2.24) is 0 Å². The number of methoxy groups -OCH3 is 1. The van der Waals surface area contributed by atoms with Gasteiger partial charge >= 0.3 is 5.97 Å². The van der Waals surface area contributed by atoms with Crippen molar-refractivity contribution < 1.29 is 19.7 Å². The number of aliphatic hydroxyl groups is 2. The van der Waals surface area contributed by atoms with E-state index >= 15 is 0 Å². The summed E-state index contributed by atoms with van der Waals surface area (Å²) in [5.41, 5.74) is 0. The molecule has 132 valence electrons. The molecule has 23 heavy (non-hydrogen) atoms. The molecule has 0 unspecified atom stereocenters. The molecule has 0 rings (SSSR count). The van der Waals surface area contributed by atoms with Gasteiger partial charge in [-0.2, -0.15) is 0 Å². The van der Waals surface area contributed by atoms with Gasteiger partial charge in [0.15, 0.2) is 0 Å². The van der Waals surface area contributed by atoms with Gasteiger partial charge in [0.1, 0.15) is 0 Å². The second-order valence-corrected chi connectivity index (χ2v) is 5.55. The average molecular weight is 324 g/mol. The zero-order valence-corrected chi connectivity index (χ0v) is 14.5. The van der Waals surface area contributed by atoms with E-state index in [1.165, 1.54) is 13.5 Å². The Morgan fingerprint density at radius 2 is 1.65 bits per heavy atom. The van der Waals surface area contributed by atoms with E-state index in [2.05, 4.69) is 10.8 Å². The van der Waals surface area contributed by atoms with Crippen molar-refractivity contribution >= 4 is 5.97 Å². The zero-order chi connectivity index (χ0) is 17.3. The van der Waals surface area contributed by atoms with Crippen LogP contribution in [0.1, 0.15) is 58.3 Å². The Morgan fingerprint density at radius 3 is 2.35 bits per heavy atom. The number of hydrogen-bond donors (Lipinski definition) is 2. The van der Waals surface area contributed by atoms with Crippen molar-refractivity contribution in [3.63, 3.8) is 0 Å². The van der Waals surface area contributed by atoms with Gasteiger partial charge in [-0.3, -0.25) is 4.79 Å². The van der Waals surface area contributed by atoms with Crippen molar-refractivity contribution in [2.24, 2.45) is 0 Å². The van der Waals surface area contributed by atoms with Gasteiger partial charge in [-0.25, -0.2) is 0 Å². The summed E-state index contributed by atoms with van der Waals surface area (Å²) in [6.07, 6.45) is 17.3. The number of unbranched alkanes of at least 4 members (excludes halogenated alkanes) is 5. The second kappa shape index (κ2) is 15.5. The third kappa shape index (κ3) is 14.0. The highest BCUT2D eigenvalue weighted by Gasteiger charge is 2.08. The Morgan fingerprint density at radius 1 is 1.00 bits per heavy atom. The van der Waals surface area contributed by atoms with Crippen molar-refractivity contribution in [1.29, 1.82) is 0 Å². The number of ether oxygens (including phenoxy) is 1. The lowest BCUT2D eigenvalue weighted by Crippen LogP contribution is -2.22. The maximum Gasteiger partial charge on any atom is 0.305 e. The maximum absolute atomic E-state index is 10.9. The van der Waals surface area contributed by atoms with Gasteiger partial charge in [-0.15, -0.1) is 0 Å². The first-order valence-electron chi connectivity index (χ1n) is 8.54. The lowest BCUT2D eigenvalue weighted by Gasteiger charge is -2.10. The van der Waals surface area contributed by atoms with E-state index in [1.54, 1.807) is 12.2 Å². The highest BCUT2D eigenvalue weighted by atomic mass is 16.5. The van der Waals surface area contributed by atoms with Crippen molar-refractivity contribution in [2.75, 3.05) is 7.11 Å². The molecule has 0 aromatic rings. The molecule has 2 N–H and O–H groups in total. The molecular formula is C19H32O4. The molecule has 0 amide bonds. The Hall–Kier alpha value is -1.39. The summed E-state index contributed by atoms with van der Waals surface area (Å²) >= 11 is 0. The van der Waals surface area contributed by atoms with E-state index < -0.39 is 12.2 Å². The molecule has 0 aliphatic carbocycles. The molecule has 0 aliphatic rings. The minimum Gasteiger partial charge on any atom is -0.469 e. The van der Waals surface area contributed by atoms with E-state index in [1.807, 2.05) is 25.2 Å². The van der Waals surface area contributed by atoms with Crippen LogP contribution in [0.25, 0.3) is 0 Å². The summed E-state index contributed by atoms with van der Waals surface area (Å²) in [6, 6.07) is 0. The van der Waals surface area contributed by atoms with E-state index in [9.17, 15) is 15.0 Å². The number of esters is 1. The fraction of sp³-hybridized carbons (Fsp3) is 0.632. The molecule has 2 atom stereocenters. The third-order valence-corrected chi connectivity index (χ3v) is 3.57. The van der Waals surface area contributed by atoms with Gasteiger partial charge in [0, 0.05) is 6.42 Å². The Bertz CT molecular complexity index is 372. The fourth-order valence-electron chi connectivity index (χ4n) is 2.01. The van der Waals surface area contributed by atoms with Crippen molar-refractivity contribution in [2.45, 2.75) is 70.5 Å². The molecule has 0 bridgehead atoms. The van der Waals surface area contributed by atoms with Crippen LogP contribution in [-0.2, 0) is 9.53 Å². The molecular weight excluding hydrogens is 292 g/mol. The number of rotatable bonds is 13. The number of allylic oxidation sites excluding steroid dienone is 5. The first kappa shape index (κ1) is 21.6. The van der Waals surface area contributed by atoms with Gasteiger partial charge < -0.3 is 14.9 Å². The second-order valence-electron chi connectivity index (χ2n) is 5.55. The SMILES string of the molecule is CC[C@@H](O)[C@@H](O)/C=C/C=C/C=C\CCCCCCCC(=O)OC. The average Bonchev–Trinajstić information content (AvgIpc) is 2.57. The van der Waals surface area contributed by atoms with Crippen LogP contribution in [0, 0.1) is 0 Å². The highest BCUT2D eigenvalue weighted by molar-refractivity contribution is 5.68. The molecule has 0 heterocycles. The first-order chi connectivity index (χ1) is 11.1. The lowest BCUT2D eigenvalue weighted by molar-refractivity contribution is -0.140. The molecule has 0 radical (unpaired) electrons. The van der Waals surface area contributed by atoms with Gasteiger partial charge in [0.25, 0.3) is 0 Å². The number of carbonyl (C=O) groups excluding carboxylic acids is 1. The minimum absolute atomic E-state index is 0.120. The van der Waals surface area contributed by atoms with Crippen LogP contribution in [0.15, 0.2) is 36.5 Å². The van der Waals surface area contributed by atoms with Crippen LogP contribution in [-0.4, -0.2) is 35.5 Å². The molecule has 0 saturated carbocycles. The number of hydrogen-bond acceptors (Lipinski definition) is 4. The predicted octanol–water partition coefficient (Wildman–Crippen LogP) is 3.69. The van der Waals surface area contributed by atoms with Crippen LogP contribution < -0.4 is 0 Å². The molecule has 0 aromatic heterocycles. The van der Waals surface area contributed by atoms with E-state index in [0.29, 0.717) is 12.8 Å². The maximum atomic E-state index is 10.9.